The summed E-state index contributed by atoms with van der Waals surface area (Å²) in [6.45, 7) is 21.5. The Balaban J connectivity index is 0.000000323. The Labute approximate surface area is 324 Å². The molecule has 4 nitrogen and oxygen atoms in total. The summed E-state index contributed by atoms with van der Waals surface area (Å²) in [5, 5.41) is 15.4. The van der Waals surface area contributed by atoms with Crippen molar-refractivity contribution in [1.29, 1.82) is 0 Å². The molecule has 2 aromatic heterocycles. The second-order valence-electron chi connectivity index (χ2n) is 15.6. The third-order valence-corrected chi connectivity index (χ3v) is 10.2. The number of hydrogen-bond acceptors (Lipinski definition) is 4. The quantitative estimate of drug-likeness (QED) is 0.0846. The van der Waals surface area contributed by atoms with Crippen molar-refractivity contribution in [2.75, 3.05) is 0 Å². The summed E-state index contributed by atoms with van der Waals surface area (Å²) < 4.78 is 6.56. The van der Waals surface area contributed by atoms with Crippen molar-refractivity contribution in [3.63, 3.8) is 0 Å². The number of fused-ring (bicyclic) bond motifs is 6. The van der Waals surface area contributed by atoms with Gasteiger partial charge in [0.25, 0.3) is 0 Å². The Kier molecular flexibility index (Phi) is 13.7. The van der Waals surface area contributed by atoms with Crippen LogP contribution in [0.3, 0.4) is 0 Å². The van der Waals surface area contributed by atoms with E-state index in [4.69, 9.17) is 9.40 Å². The first-order valence-corrected chi connectivity index (χ1v) is 18.9. The number of allylic oxidation sites excluding steroid dienone is 2. The van der Waals surface area contributed by atoms with Gasteiger partial charge in [-0.2, -0.15) is 0 Å². The van der Waals surface area contributed by atoms with Crippen molar-refractivity contribution < 1.29 is 34.4 Å². The van der Waals surface area contributed by atoms with E-state index < -0.39 is 0 Å². The van der Waals surface area contributed by atoms with E-state index in [9.17, 15) is 9.90 Å². The fourth-order valence-electron chi connectivity index (χ4n) is 7.22. The number of hydrogen-bond donors (Lipinski definition) is 1. The van der Waals surface area contributed by atoms with Crippen molar-refractivity contribution in [2.24, 2.45) is 17.8 Å². The van der Waals surface area contributed by atoms with Gasteiger partial charge in [0.15, 0.2) is 5.78 Å². The number of pyridine rings is 1. The Morgan fingerprint density at radius 2 is 1.54 bits per heavy atom. The standard InChI is InChI=1S/C34H32NO.C13H24O2.Ir/c1-20(2)15-22-12-14-30-27(17-22)31-32(35-29-16-21(3)11-13-26(29)33(31)36-30)24-18-23-9-7-8-10-25(23)28(19-24)34(4,5)6;1-5-10(6-2)12(14)9-13(15)11(7-3)8-4;/h7-14,16-17,19-20H,15H2,1-6H3;9-11,14H,5-8H2,1-4H3;/q-1;;/b;12-9-;. The zero-order valence-electron chi connectivity index (χ0n) is 32.7. The zero-order chi connectivity index (χ0) is 37.0. The summed E-state index contributed by atoms with van der Waals surface area (Å²) >= 11 is 0. The summed E-state index contributed by atoms with van der Waals surface area (Å²) in [6, 6.07) is 27.6. The molecular formula is C47H56IrNO3-. The van der Waals surface area contributed by atoms with E-state index in [0.717, 1.165) is 81.6 Å². The van der Waals surface area contributed by atoms with E-state index in [1.807, 2.05) is 27.7 Å². The fraction of sp³-hybridized carbons (Fsp3) is 0.404. The topological polar surface area (TPSA) is 63.3 Å². The number of aliphatic hydroxyl groups excluding tert-OH is 1. The predicted octanol–water partition coefficient (Wildman–Crippen LogP) is 13.4. The molecule has 0 saturated heterocycles. The molecule has 4 aromatic carbocycles. The monoisotopic (exact) mass is 875 g/mol. The van der Waals surface area contributed by atoms with Crippen LogP contribution in [-0.2, 0) is 36.7 Å². The van der Waals surface area contributed by atoms with E-state index in [-0.39, 0.29) is 48.9 Å². The molecule has 0 aliphatic heterocycles. The van der Waals surface area contributed by atoms with Gasteiger partial charge >= 0.3 is 0 Å². The number of benzene rings is 4. The molecule has 0 bridgehead atoms. The van der Waals surface area contributed by atoms with E-state index in [0.29, 0.717) is 5.92 Å². The predicted molar refractivity (Wildman–Crippen MR) is 217 cm³/mol. The molecule has 5 heteroatoms. The first-order valence-electron chi connectivity index (χ1n) is 18.9. The summed E-state index contributed by atoms with van der Waals surface area (Å²) in [7, 11) is 0. The number of rotatable bonds is 10. The van der Waals surface area contributed by atoms with Crippen LogP contribution in [0.25, 0.3) is 54.9 Å². The van der Waals surface area contributed by atoms with E-state index in [1.54, 1.807) is 0 Å². The van der Waals surface area contributed by atoms with Crippen molar-refractivity contribution in [1.82, 2.24) is 4.98 Å². The van der Waals surface area contributed by atoms with Gasteiger partial charge in [0, 0.05) is 59.9 Å². The largest absolute Gasteiger partial charge is 0.512 e. The van der Waals surface area contributed by atoms with Gasteiger partial charge in [-0.1, -0.05) is 104 Å². The third-order valence-electron chi connectivity index (χ3n) is 10.2. The van der Waals surface area contributed by atoms with Crippen molar-refractivity contribution in [2.45, 2.75) is 107 Å². The van der Waals surface area contributed by atoms with Gasteiger partial charge in [-0.25, -0.2) is 0 Å². The molecule has 0 atom stereocenters. The van der Waals surface area contributed by atoms with Gasteiger partial charge in [0.05, 0.1) is 11.3 Å². The Hall–Kier alpha value is -3.79. The number of furan rings is 1. The van der Waals surface area contributed by atoms with Crippen LogP contribution >= 0.6 is 0 Å². The summed E-state index contributed by atoms with van der Waals surface area (Å²) in [4.78, 5) is 17.0. The molecule has 6 rings (SSSR count). The molecule has 0 aliphatic rings. The van der Waals surface area contributed by atoms with Crippen LogP contribution in [0.4, 0.5) is 0 Å². The molecule has 0 aliphatic carbocycles. The van der Waals surface area contributed by atoms with Crippen LogP contribution in [0, 0.1) is 30.7 Å². The van der Waals surface area contributed by atoms with Crippen molar-refractivity contribution in [3.05, 3.63) is 101 Å². The molecule has 0 fully saturated rings. The number of ketones is 1. The van der Waals surface area contributed by atoms with Gasteiger partial charge in [0.1, 0.15) is 11.2 Å². The first kappa shape index (κ1) is 41.0. The summed E-state index contributed by atoms with van der Waals surface area (Å²) in [6.07, 6.45) is 5.94. The van der Waals surface area contributed by atoms with Gasteiger partial charge in [-0.3, -0.25) is 9.78 Å². The number of aliphatic hydroxyl groups is 1. The van der Waals surface area contributed by atoms with Gasteiger partial charge in [-0.05, 0) is 85.8 Å². The van der Waals surface area contributed by atoms with Crippen LogP contribution < -0.4 is 0 Å². The maximum Gasteiger partial charge on any atom is 0.162 e. The third kappa shape index (κ3) is 8.87. The first-order chi connectivity index (χ1) is 24.3. The Morgan fingerprint density at radius 1 is 0.865 bits per heavy atom. The fourth-order valence-corrected chi connectivity index (χ4v) is 7.22. The van der Waals surface area contributed by atoms with Crippen LogP contribution in [0.2, 0.25) is 0 Å². The molecular weight excluding hydrogens is 819 g/mol. The molecule has 2 heterocycles. The van der Waals surface area contributed by atoms with Gasteiger partial charge in [0.2, 0.25) is 0 Å². The normalized spacial score (nSPS) is 12.3. The zero-order valence-corrected chi connectivity index (χ0v) is 35.1. The molecule has 52 heavy (non-hydrogen) atoms. The number of aryl methyl sites for hydroxylation is 1. The number of aromatic nitrogens is 1. The van der Waals surface area contributed by atoms with Crippen molar-refractivity contribution in [3.8, 4) is 11.3 Å². The minimum absolute atomic E-state index is 0. The average Bonchev–Trinajstić information content (AvgIpc) is 3.47. The minimum Gasteiger partial charge on any atom is -0.512 e. The van der Waals surface area contributed by atoms with Crippen LogP contribution in [0.1, 0.15) is 105 Å². The minimum atomic E-state index is -0.0150. The van der Waals surface area contributed by atoms with E-state index >= 15 is 0 Å². The maximum absolute atomic E-state index is 11.7. The molecule has 0 unspecified atom stereocenters. The molecule has 0 saturated carbocycles. The second kappa shape index (κ2) is 17.4. The molecule has 0 spiro atoms. The number of nitrogens with zero attached hydrogens (tertiary/aromatic N) is 1. The van der Waals surface area contributed by atoms with E-state index in [2.05, 4.69) is 114 Å². The number of carbonyl (C=O) groups excluding carboxylic acids is 1. The number of carbonyl (C=O) groups is 1. The Bertz CT molecular complexity index is 2190. The van der Waals surface area contributed by atoms with Crippen LogP contribution in [0.15, 0.2) is 83.0 Å². The summed E-state index contributed by atoms with van der Waals surface area (Å²) in [5.74, 6) is 1.14. The molecule has 277 valence electrons. The average molecular weight is 875 g/mol. The molecule has 1 radical (unpaired) electrons. The van der Waals surface area contributed by atoms with Crippen molar-refractivity contribution >= 4 is 49.4 Å². The van der Waals surface area contributed by atoms with Gasteiger partial charge in [-0.15, -0.1) is 29.1 Å². The van der Waals surface area contributed by atoms with Gasteiger partial charge < -0.3 is 9.52 Å². The van der Waals surface area contributed by atoms with Crippen LogP contribution in [0.5, 0.6) is 0 Å². The maximum atomic E-state index is 11.7. The summed E-state index contributed by atoms with van der Waals surface area (Å²) in [5.41, 5.74) is 8.54. The smallest absolute Gasteiger partial charge is 0.162 e. The second-order valence-corrected chi connectivity index (χ2v) is 15.6. The van der Waals surface area contributed by atoms with Crippen LogP contribution in [-0.4, -0.2) is 15.9 Å². The Morgan fingerprint density at radius 3 is 2.17 bits per heavy atom. The molecule has 1 N–H and O–H groups in total. The SMILES string of the molecule is CCC(CC)C(=O)/C=C(\O)C(CC)CC.Cc1ccc2c(c1)nc(-c1[c-]c3ccccc3c(C(C)(C)C)c1)c1c3cc(CC(C)C)ccc3oc21.[Ir]. The molecule has 0 amide bonds. The van der Waals surface area contributed by atoms with E-state index in [1.165, 1.54) is 28.2 Å². The molecule has 6 aromatic rings.